The van der Waals surface area contributed by atoms with Crippen LogP contribution in [-0.4, -0.2) is 51.4 Å². The summed E-state index contributed by atoms with van der Waals surface area (Å²) in [7, 11) is 0. The summed E-state index contributed by atoms with van der Waals surface area (Å²) in [6.45, 7) is 10.2. The van der Waals surface area contributed by atoms with Gasteiger partial charge in [-0.1, -0.05) is 91.8 Å². The zero-order chi connectivity index (χ0) is 31.8. The van der Waals surface area contributed by atoms with Gasteiger partial charge in [-0.05, 0) is 80.1 Å². The normalized spacial score (nSPS) is 12.7. The molecule has 5 rings (SSSR count). The second kappa shape index (κ2) is 15.5. The average molecular weight is 627 g/mol. The van der Waals surface area contributed by atoms with Crippen LogP contribution >= 0.6 is 11.8 Å². The zero-order valence-electron chi connectivity index (χ0n) is 26.6. The Labute approximate surface area is 270 Å². The minimum Gasteiger partial charge on any atom is -0.336 e. The Kier molecular flexibility index (Phi) is 11.2. The molecule has 4 aromatic rings. The molecule has 1 aliphatic carbocycles. The highest BCUT2D eigenvalue weighted by Gasteiger charge is 2.24. The Morgan fingerprint density at radius 1 is 0.867 bits per heavy atom. The highest BCUT2D eigenvalue weighted by molar-refractivity contribution is 7.98. The molecule has 6 nitrogen and oxygen atoms in total. The van der Waals surface area contributed by atoms with Crippen LogP contribution in [0.3, 0.4) is 0 Å². The van der Waals surface area contributed by atoms with Crippen LogP contribution in [0.15, 0.2) is 82.7 Å². The van der Waals surface area contributed by atoms with Crippen LogP contribution in [0.4, 0.5) is 4.39 Å². The number of benzene rings is 3. The lowest BCUT2D eigenvalue weighted by molar-refractivity contribution is -0.133. The van der Waals surface area contributed by atoms with E-state index in [1.165, 1.54) is 35.0 Å². The zero-order valence-corrected chi connectivity index (χ0v) is 27.4. The van der Waals surface area contributed by atoms with Crippen molar-refractivity contribution in [1.82, 2.24) is 19.4 Å². The van der Waals surface area contributed by atoms with Crippen LogP contribution < -0.4 is 5.56 Å². The molecule has 1 heterocycles. The molecule has 0 atom stereocenters. The van der Waals surface area contributed by atoms with E-state index in [-0.39, 0.29) is 23.8 Å². The topological polar surface area (TPSA) is 58.4 Å². The summed E-state index contributed by atoms with van der Waals surface area (Å²) in [5, 5.41) is 0.546. The van der Waals surface area contributed by atoms with Gasteiger partial charge in [0.1, 0.15) is 12.4 Å². The van der Waals surface area contributed by atoms with Crippen molar-refractivity contribution in [2.24, 2.45) is 0 Å². The Bertz CT molecular complexity index is 1630. The fourth-order valence-corrected chi connectivity index (χ4v) is 6.81. The SMILES string of the molecule is CCN(CC)CCN(Cc1ccc(-c2ccc(C)cc2)cc1)C(=O)Cn1c(SCc2ccc(F)cc2)nc(=O)c2c1CCCC2. The first-order valence-electron chi connectivity index (χ1n) is 16.0. The summed E-state index contributed by atoms with van der Waals surface area (Å²) in [5.74, 6) is 0.248. The Balaban J connectivity index is 1.40. The van der Waals surface area contributed by atoms with Gasteiger partial charge in [-0.15, -0.1) is 0 Å². The van der Waals surface area contributed by atoms with Crippen LogP contribution in [0.25, 0.3) is 11.1 Å². The fourth-order valence-electron chi connectivity index (χ4n) is 5.85. The summed E-state index contributed by atoms with van der Waals surface area (Å²) < 4.78 is 15.5. The molecule has 0 bridgehead atoms. The second-order valence-corrected chi connectivity index (χ2v) is 12.7. The maximum atomic E-state index is 14.2. The quantitative estimate of drug-likeness (QED) is 0.119. The smallest absolute Gasteiger partial charge is 0.277 e. The van der Waals surface area contributed by atoms with Crippen LogP contribution in [0, 0.1) is 12.7 Å². The highest BCUT2D eigenvalue weighted by atomic mass is 32.2. The monoisotopic (exact) mass is 626 g/mol. The van der Waals surface area contributed by atoms with Gasteiger partial charge >= 0.3 is 0 Å². The lowest BCUT2D eigenvalue weighted by Gasteiger charge is -2.29. The molecule has 0 radical (unpaired) electrons. The van der Waals surface area contributed by atoms with Crippen molar-refractivity contribution in [2.75, 3.05) is 26.2 Å². The van der Waals surface area contributed by atoms with Gasteiger partial charge in [0.05, 0.1) is 0 Å². The van der Waals surface area contributed by atoms with E-state index in [1.807, 2.05) is 9.47 Å². The minimum atomic E-state index is -0.284. The van der Waals surface area contributed by atoms with Crippen LogP contribution in [0.5, 0.6) is 0 Å². The predicted octanol–water partition coefficient (Wildman–Crippen LogP) is 6.90. The molecule has 1 aliphatic rings. The number of amides is 1. The average Bonchev–Trinajstić information content (AvgIpc) is 3.06. The third-order valence-electron chi connectivity index (χ3n) is 8.67. The Hall–Kier alpha value is -3.75. The third-order valence-corrected chi connectivity index (χ3v) is 9.72. The van der Waals surface area contributed by atoms with Gasteiger partial charge in [0.25, 0.3) is 5.56 Å². The van der Waals surface area contributed by atoms with E-state index in [1.54, 1.807) is 12.1 Å². The van der Waals surface area contributed by atoms with Crippen molar-refractivity contribution >= 4 is 17.7 Å². The first-order chi connectivity index (χ1) is 21.8. The molecule has 0 saturated heterocycles. The molecular formula is C37H43FN4O2S. The van der Waals surface area contributed by atoms with E-state index in [4.69, 9.17) is 0 Å². The van der Waals surface area contributed by atoms with Crippen molar-refractivity contribution in [3.8, 4) is 11.1 Å². The van der Waals surface area contributed by atoms with E-state index >= 15 is 0 Å². The fraction of sp³-hybridized carbons (Fsp3) is 0.378. The second-order valence-electron chi connectivity index (χ2n) is 11.7. The van der Waals surface area contributed by atoms with Gasteiger partial charge in [0.15, 0.2) is 5.16 Å². The third kappa shape index (κ3) is 8.50. The number of aromatic nitrogens is 2. The summed E-state index contributed by atoms with van der Waals surface area (Å²) in [6.07, 6.45) is 3.38. The number of carbonyl (C=O) groups is 1. The van der Waals surface area contributed by atoms with E-state index < -0.39 is 0 Å². The molecule has 0 aliphatic heterocycles. The maximum Gasteiger partial charge on any atom is 0.277 e. The van der Waals surface area contributed by atoms with Gasteiger partial charge < -0.3 is 14.4 Å². The van der Waals surface area contributed by atoms with E-state index in [0.717, 1.165) is 66.8 Å². The molecule has 3 aromatic carbocycles. The number of nitrogens with zero attached hydrogens (tertiary/aromatic N) is 4. The van der Waals surface area contributed by atoms with E-state index in [0.29, 0.717) is 30.4 Å². The largest absolute Gasteiger partial charge is 0.336 e. The van der Waals surface area contributed by atoms with Crippen molar-refractivity contribution in [1.29, 1.82) is 0 Å². The van der Waals surface area contributed by atoms with E-state index in [2.05, 4.69) is 79.2 Å². The van der Waals surface area contributed by atoms with Gasteiger partial charge in [0.2, 0.25) is 5.91 Å². The molecule has 8 heteroatoms. The van der Waals surface area contributed by atoms with Crippen molar-refractivity contribution in [3.63, 3.8) is 0 Å². The number of halogens is 1. The van der Waals surface area contributed by atoms with Crippen LogP contribution in [-0.2, 0) is 36.5 Å². The molecule has 45 heavy (non-hydrogen) atoms. The van der Waals surface area contributed by atoms with Crippen molar-refractivity contribution in [3.05, 3.63) is 117 Å². The van der Waals surface area contributed by atoms with Crippen molar-refractivity contribution in [2.45, 2.75) is 70.5 Å². The Morgan fingerprint density at radius 3 is 2.16 bits per heavy atom. The molecule has 0 unspecified atom stereocenters. The maximum absolute atomic E-state index is 14.2. The molecule has 0 saturated carbocycles. The number of carbonyl (C=O) groups excluding carboxylic acids is 1. The molecule has 236 valence electrons. The van der Waals surface area contributed by atoms with E-state index in [9.17, 15) is 14.0 Å². The first kappa shape index (κ1) is 32.6. The number of thioether (sulfide) groups is 1. The molecule has 0 N–H and O–H groups in total. The van der Waals surface area contributed by atoms with Gasteiger partial charge in [0, 0.05) is 36.6 Å². The van der Waals surface area contributed by atoms with Gasteiger partial charge in [-0.3, -0.25) is 9.59 Å². The van der Waals surface area contributed by atoms with Crippen LogP contribution in [0.1, 0.15) is 54.6 Å². The summed E-state index contributed by atoms with van der Waals surface area (Å²) >= 11 is 1.43. The summed E-state index contributed by atoms with van der Waals surface area (Å²) in [4.78, 5) is 36.0. The van der Waals surface area contributed by atoms with Crippen molar-refractivity contribution < 1.29 is 9.18 Å². The molecule has 1 amide bonds. The number of rotatable bonds is 13. The molecule has 1 aromatic heterocycles. The minimum absolute atomic E-state index is 0.00613. The predicted molar refractivity (Wildman–Crippen MR) is 181 cm³/mol. The number of hydrogen-bond acceptors (Lipinski definition) is 5. The summed E-state index contributed by atoms with van der Waals surface area (Å²) in [5.41, 5.74) is 7.03. The number of aryl methyl sites for hydroxylation is 1. The standard InChI is InChI=1S/C37H43FN4O2S/c1-4-40(5-2)22-23-41(24-28-12-18-31(19-13-28)30-16-10-27(3)11-17-30)35(43)25-42-34-9-7-6-8-33(34)36(44)39-37(42)45-26-29-14-20-32(38)21-15-29/h10-21H,4-9,22-26H2,1-3H3. The number of hydrogen-bond donors (Lipinski definition) is 0. The molecular weight excluding hydrogens is 583 g/mol. The highest BCUT2D eigenvalue weighted by Crippen LogP contribution is 2.27. The number of likely N-dealkylation sites (N-methyl/N-ethyl adjacent to an activating group) is 1. The lowest BCUT2D eigenvalue weighted by atomic mass is 9.97. The summed E-state index contributed by atoms with van der Waals surface area (Å²) in [6, 6.07) is 23.3. The van der Waals surface area contributed by atoms with Gasteiger partial charge in [-0.2, -0.15) is 4.98 Å². The van der Waals surface area contributed by atoms with Gasteiger partial charge in [-0.25, -0.2) is 4.39 Å². The number of fused-ring (bicyclic) bond motifs is 1. The lowest BCUT2D eigenvalue weighted by Crippen LogP contribution is -2.41. The first-order valence-corrected chi connectivity index (χ1v) is 17.0. The molecule has 0 spiro atoms. The Morgan fingerprint density at radius 2 is 1.49 bits per heavy atom. The molecule has 0 fully saturated rings. The van der Waals surface area contributed by atoms with Crippen LogP contribution in [0.2, 0.25) is 0 Å².